The SMILES string of the molecule is C[C@H](c1ccc(-n2cncn2)cc1)N(C)CC(=O)N(Cc1ccccc1)Cc1ccco1. The Hall–Kier alpha value is -3.71. The lowest BCUT2D eigenvalue weighted by atomic mass is 10.1. The van der Waals surface area contributed by atoms with Crippen LogP contribution >= 0.6 is 0 Å². The van der Waals surface area contributed by atoms with Gasteiger partial charge in [-0.15, -0.1) is 0 Å². The van der Waals surface area contributed by atoms with Gasteiger partial charge in [0.05, 0.1) is 25.0 Å². The van der Waals surface area contributed by atoms with Crippen molar-refractivity contribution < 1.29 is 9.21 Å². The van der Waals surface area contributed by atoms with E-state index in [0.29, 0.717) is 19.6 Å². The molecule has 1 atom stereocenters. The third-order valence-electron chi connectivity index (χ3n) is 5.60. The van der Waals surface area contributed by atoms with E-state index in [1.54, 1.807) is 17.3 Å². The maximum Gasteiger partial charge on any atom is 0.237 e. The minimum Gasteiger partial charge on any atom is -0.467 e. The Kier molecular flexibility index (Phi) is 6.77. The van der Waals surface area contributed by atoms with Crippen LogP contribution in [0.5, 0.6) is 0 Å². The lowest BCUT2D eigenvalue weighted by Crippen LogP contribution is -2.39. The fraction of sp³-hybridized carbons (Fsp3) is 0.240. The van der Waals surface area contributed by atoms with Crippen molar-refractivity contribution in [2.75, 3.05) is 13.6 Å². The number of amides is 1. The predicted molar refractivity (Wildman–Crippen MR) is 122 cm³/mol. The van der Waals surface area contributed by atoms with Crippen molar-refractivity contribution in [2.45, 2.75) is 26.1 Å². The van der Waals surface area contributed by atoms with Gasteiger partial charge in [-0.2, -0.15) is 5.10 Å². The van der Waals surface area contributed by atoms with Crippen LogP contribution in [0.1, 0.15) is 29.9 Å². The topological polar surface area (TPSA) is 67.4 Å². The Morgan fingerprint density at radius 2 is 1.81 bits per heavy atom. The van der Waals surface area contributed by atoms with Crippen LogP contribution in [0, 0.1) is 0 Å². The molecule has 0 fully saturated rings. The van der Waals surface area contributed by atoms with Crippen molar-refractivity contribution in [1.82, 2.24) is 24.6 Å². The summed E-state index contributed by atoms with van der Waals surface area (Å²) in [6, 6.07) is 22.0. The van der Waals surface area contributed by atoms with Crippen molar-refractivity contribution in [3.8, 4) is 5.69 Å². The zero-order valence-corrected chi connectivity index (χ0v) is 18.3. The van der Waals surface area contributed by atoms with E-state index in [1.165, 1.54) is 6.33 Å². The number of likely N-dealkylation sites (N-methyl/N-ethyl adjacent to an activating group) is 1. The molecule has 4 aromatic rings. The average molecular weight is 430 g/mol. The van der Waals surface area contributed by atoms with Gasteiger partial charge in [-0.05, 0) is 49.4 Å². The largest absolute Gasteiger partial charge is 0.467 e. The summed E-state index contributed by atoms with van der Waals surface area (Å²) in [6.07, 6.45) is 4.82. The highest BCUT2D eigenvalue weighted by atomic mass is 16.3. The molecule has 0 saturated heterocycles. The van der Waals surface area contributed by atoms with Crippen molar-refractivity contribution in [3.05, 3.63) is 103 Å². The first-order valence-electron chi connectivity index (χ1n) is 10.6. The van der Waals surface area contributed by atoms with E-state index < -0.39 is 0 Å². The summed E-state index contributed by atoms with van der Waals surface area (Å²) in [4.78, 5) is 21.1. The molecule has 2 aromatic heterocycles. The minimum absolute atomic E-state index is 0.0545. The number of benzene rings is 2. The van der Waals surface area contributed by atoms with Crippen LogP contribution in [0.4, 0.5) is 0 Å². The van der Waals surface area contributed by atoms with Gasteiger partial charge >= 0.3 is 0 Å². The van der Waals surface area contributed by atoms with Crippen LogP contribution in [0.15, 0.2) is 90.1 Å². The molecule has 0 aliphatic heterocycles. The number of carbonyl (C=O) groups is 1. The Labute approximate surface area is 187 Å². The summed E-state index contributed by atoms with van der Waals surface area (Å²) in [7, 11) is 1.97. The molecule has 0 bridgehead atoms. The van der Waals surface area contributed by atoms with Crippen molar-refractivity contribution in [3.63, 3.8) is 0 Å². The Morgan fingerprint density at radius 1 is 1.03 bits per heavy atom. The molecule has 0 N–H and O–H groups in total. The van der Waals surface area contributed by atoms with E-state index >= 15 is 0 Å². The van der Waals surface area contributed by atoms with Crippen molar-refractivity contribution in [1.29, 1.82) is 0 Å². The van der Waals surface area contributed by atoms with E-state index in [0.717, 1.165) is 22.6 Å². The van der Waals surface area contributed by atoms with Gasteiger partial charge in [0, 0.05) is 12.6 Å². The molecule has 7 nitrogen and oxygen atoms in total. The zero-order valence-electron chi connectivity index (χ0n) is 18.3. The Bertz CT molecular complexity index is 1090. The molecule has 2 heterocycles. The molecule has 0 radical (unpaired) electrons. The molecule has 1 amide bonds. The molecule has 0 aliphatic carbocycles. The van der Waals surface area contributed by atoms with E-state index in [1.807, 2.05) is 66.5 Å². The highest BCUT2D eigenvalue weighted by molar-refractivity contribution is 5.78. The second kappa shape index (κ2) is 10.1. The van der Waals surface area contributed by atoms with Gasteiger partial charge in [-0.1, -0.05) is 42.5 Å². The van der Waals surface area contributed by atoms with E-state index in [2.05, 4.69) is 34.0 Å². The number of furan rings is 1. The summed E-state index contributed by atoms with van der Waals surface area (Å²) in [6.45, 7) is 3.39. The summed E-state index contributed by atoms with van der Waals surface area (Å²) in [5.74, 6) is 0.826. The predicted octanol–water partition coefficient (Wildman–Crippen LogP) is 4.08. The maximum atomic E-state index is 13.3. The third kappa shape index (κ3) is 5.31. The van der Waals surface area contributed by atoms with Gasteiger partial charge in [0.1, 0.15) is 18.4 Å². The maximum absolute atomic E-state index is 13.3. The normalized spacial score (nSPS) is 12.1. The van der Waals surface area contributed by atoms with Gasteiger partial charge in [-0.25, -0.2) is 9.67 Å². The van der Waals surface area contributed by atoms with E-state index in [-0.39, 0.29) is 11.9 Å². The van der Waals surface area contributed by atoms with Gasteiger partial charge < -0.3 is 9.32 Å². The fourth-order valence-electron chi connectivity index (χ4n) is 3.58. The lowest BCUT2D eigenvalue weighted by molar-refractivity contribution is -0.134. The van der Waals surface area contributed by atoms with Gasteiger partial charge in [0.25, 0.3) is 0 Å². The fourth-order valence-corrected chi connectivity index (χ4v) is 3.58. The van der Waals surface area contributed by atoms with Gasteiger partial charge in [0.2, 0.25) is 5.91 Å². The first kappa shape index (κ1) is 21.5. The molecule has 0 spiro atoms. The highest BCUT2D eigenvalue weighted by Gasteiger charge is 2.21. The van der Waals surface area contributed by atoms with Gasteiger partial charge in [0.15, 0.2) is 0 Å². The molecule has 7 heteroatoms. The lowest BCUT2D eigenvalue weighted by Gasteiger charge is -2.28. The number of hydrogen-bond acceptors (Lipinski definition) is 5. The molecular weight excluding hydrogens is 402 g/mol. The summed E-state index contributed by atoms with van der Waals surface area (Å²) in [5, 5.41) is 4.16. The first-order chi connectivity index (χ1) is 15.6. The number of nitrogens with zero attached hydrogens (tertiary/aromatic N) is 5. The second-order valence-corrected chi connectivity index (χ2v) is 7.84. The van der Waals surface area contributed by atoms with Crippen molar-refractivity contribution >= 4 is 5.91 Å². The number of rotatable bonds is 9. The smallest absolute Gasteiger partial charge is 0.237 e. The van der Waals surface area contributed by atoms with Crippen molar-refractivity contribution in [2.24, 2.45) is 0 Å². The quantitative estimate of drug-likeness (QED) is 0.401. The Morgan fingerprint density at radius 3 is 2.47 bits per heavy atom. The number of aromatic nitrogens is 3. The Balaban J connectivity index is 1.43. The number of hydrogen-bond donors (Lipinski definition) is 0. The van der Waals surface area contributed by atoms with E-state index in [4.69, 9.17) is 4.42 Å². The van der Waals surface area contributed by atoms with Crippen LogP contribution in [-0.2, 0) is 17.9 Å². The van der Waals surface area contributed by atoms with E-state index in [9.17, 15) is 4.79 Å². The molecule has 164 valence electrons. The number of carbonyl (C=O) groups excluding carboxylic acids is 1. The molecule has 2 aromatic carbocycles. The third-order valence-corrected chi connectivity index (χ3v) is 5.60. The highest BCUT2D eigenvalue weighted by Crippen LogP contribution is 2.21. The van der Waals surface area contributed by atoms with Crippen LogP contribution in [0.3, 0.4) is 0 Å². The molecule has 0 aliphatic rings. The zero-order chi connectivity index (χ0) is 22.3. The molecular formula is C25H27N5O2. The molecule has 4 rings (SSSR count). The average Bonchev–Trinajstić information content (AvgIpc) is 3.53. The summed E-state index contributed by atoms with van der Waals surface area (Å²) in [5.41, 5.74) is 3.17. The van der Waals surface area contributed by atoms with Crippen LogP contribution < -0.4 is 0 Å². The van der Waals surface area contributed by atoms with Gasteiger partial charge in [-0.3, -0.25) is 9.69 Å². The molecule has 32 heavy (non-hydrogen) atoms. The van der Waals surface area contributed by atoms with Crippen LogP contribution in [0.25, 0.3) is 5.69 Å². The minimum atomic E-state index is 0.0545. The summed E-state index contributed by atoms with van der Waals surface area (Å²) >= 11 is 0. The first-order valence-corrected chi connectivity index (χ1v) is 10.6. The van der Waals surface area contributed by atoms with Crippen LogP contribution in [-0.4, -0.2) is 44.1 Å². The standard InChI is InChI=1S/C25H27N5O2/c1-20(22-10-12-23(13-11-22)30-19-26-18-27-30)28(2)17-25(31)29(16-24-9-6-14-32-24)15-21-7-4-3-5-8-21/h3-14,18-20H,15-17H2,1-2H3/t20-/m1/s1. The monoisotopic (exact) mass is 429 g/mol. The second-order valence-electron chi connectivity index (χ2n) is 7.84. The summed E-state index contributed by atoms with van der Waals surface area (Å²) < 4.78 is 7.22. The van der Waals surface area contributed by atoms with Crippen LogP contribution in [0.2, 0.25) is 0 Å². The molecule has 0 unspecified atom stereocenters. The molecule has 0 saturated carbocycles.